The minimum atomic E-state index is -3.05. The quantitative estimate of drug-likeness (QED) is 0.0573. The van der Waals surface area contributed by atoms with Crippen LogP contribution in [0.2, 0.25) is 0 Å². The lowest BCUT2D eigenvalue weighted by Crippen LogP contribution is -2.55. The van der Waals surface area contributed by atoms with Gasteiger partial charge in [0.25, 0.3) is 0 Å². The largest absolute Gasteiger partial charge is 0.481 e. The highest BCUT2D eigenvalue weighted by Crippen LogP contribution is 2.26. The summed E-state index contributed by atoms with van der Waals surface area (Å²) in [5.74, 6) is -7.77. The first kappa shape index (κ1) is 40.6. The van der Waals surface area contributed by atoms with Crippen molar-refractivity contribution >= 4 is 29.6 Å². The van der Waals surface area contributed by atoms with Crippen LogP contribution in [0.1, 0.15) is 96.0 Å². The van der Waals surface area contributed by atoms with Crippen molar-refractivity contribution in [3.63, 3.8) is 0 Å². The molecule has 0 fully saturated rings. The van der Waals surface area contributed by atoms with Crippen molar-refractivity contribution < 1.29 is 53.5 Å². The molecule has 0 radical (unpaired) electrons. The maximum absolute atomic E-state index is 13.5. The molecule has 0 unspecified atom stereocenters. The Labute approximate surface area is 286 Å². The van der Waals surface area contributed by atoms with E-state index in [0.717, 1.165) is 51.0 Å². The Kier molecular flexibility index (Phi) is 17.7. The number of ketones is 1. The Morgan fingerprint density at radius 2 is 1.49 bits per heavy atom. The number of hydrogen-bond acceptors (Lipinski definition) is 7. The van der Waals surface area contributed by atoms with E-state index in [1.165, 1.54) is 55.0 Å². The number of carbonyl (C=O) groups is 5. The summed E-state index contributed by atoms with van der Waals surface area (Å²) in [4.78, 5) is 61.0. The summed E-state index contributed by atoms with van der Waals surface area (Å²) in [5, 5.41) is 42.1. The van der Waals surface area contributed by atoms with Gasteiger partial charge in [-0.25, -0.2) is 14.0 Å². The first-order valence-electron chi connectivity index (χ1n) is 16.8. The number of rotatable bonds is 25. The van der Waals surface area contributed by atoms with Crippen LogP contribution in [-0.4, -0.2) is 61.7 Å². The van der Waals surface area contributed by atoms with E-state index >= 15 is 0 Å². The number of halogens is 1. The molecule has 0 aliphatic rings. The van der Waals surface area contributed by atoms with Crippen LogP contribution in [0.25, 0.3) is 0 Å². The van der Waals surface area contributed by atoms with E-state index in [1.54, 1.807) is 6.07 Å². The van der Waals surface area contributed by atoms with E-state index in [1.807, 2.05) is 0 Å². The Balaban J connectivity index is 2.01. The molecule has 11 nitrogen and oxygen atoms in total. The normalized spacial score (nSPS) is 13.7. The highest BCUT2D eigenvalue weighted by molar-refractivity contribution is 5.94. The molecule has 0 heterocycles. The van der Waals surface area contributed by atoms with Crippen molar-refractivity contribution in [3.8, 4) is 11.5 Å². The van der Waals surface area contributed by atoms with Crippen molar-refractivity contribution in [2.45, 2.75) is 108 Å². The zero-order valence-electron chi connectivity index (χ0n) is 27.9. The summed E-state index contributed by atoms with van der Waals surface area (Å²) in [6.07, 6.45) is 10.9. The van der Waals surface area contributed by atoms with Crippen LogP contribution in [0, 0.1) is 11.7 Å². The molecule has 0 aromatic heterocycles. The zero-order chi connectivity index (χ0) is 36.2. The molecule has 268 valence electrons. The van der Waals surface area contributed by atoms with Crippen molar-refractivity contribution in [2.75, 3.05) is 0 Å². The predicted molar refractivity (Wildman–Crippen MR) is 180 cm³/mol. The van der Waals surface area contributed by atoms with E-state index in [2.05, 4.69) is 12.2 Å². The lowest BCUT2D eigenvalue weighted by atomic mass is 9.82. The molecule has 2 rings (SSSR count). The first-order chi connectivity index (χ1) is 23.3. The Bertz CT molecular complexity index is 1410. The molecule has 0 saturated carbocycles. The summed E-state index contributed by atoms with van der Waals surface area (Å²) in [6.45, 7) is 2.14. The number of allylic oxidation sites excluding steroid dienone is 1. The van der Waals surface area contributed by atoms with Crippen molar-refractivity contribution in [2.24, 2.45) is 5.92 Å². The van der Waals surface area contributed by atoms with Gasteiger partial charge in [-0.05, 0) is 55.5 Å². The second-order valence-electron chi connectivity index (χ2n) is 12.2. The summed E-state index contributed by atoms with van der Waals surface area (Å²) in [7, 11) is 0. The summed E-state index contributed by atoms with van der Waals surface area (Å²) < 4.78 is 19.0. The van der Waals surface area contributed by atoms with Gasteiger partial charge in [-0.3, -0.25) is 14.4 Å². The molecule has 2 aromatic rings. The average molecular weight is 686 g/mol. The molecule has 3 atom stereocenters. The van der Waals surface area contributed by atoms with Gasteiger partial charge in [0, 0.05) is 25.3 Å². The Morgan fingerprint density at radius 3 is 2.06 bits per heavy atom. The number of carboxylic acids is 3. The minimum Gasteiger partial charge on any atom is -0.481 e. The number of ether oxygens (including phenoxy) is 1. The van der Waals surface area contributed by atoms with Gasteiger partial charge in [0.15, 0.2) is 5.60 Å². The molecule has 0 bridgehead atoms. The number of aliphatic hydroxyl groups is 1. The number of amides is 1. The fourth-order valence-corrected chi connectivity index (χ4v) is 5.29. The SMILES string of the molecule is CCCCCCCC(=O)CCCCCC/C=C/[C@H](C(=O)N[C@@H](Cc1ccc(Oc2cccc(F)c2)cc1)C(=O)O)[C@@](O)(CC(=O)O)C(=O)O. The van der Waals surface area contributed by atoms with Crippen molar-refractivity contribution in [1.82, 2.24) is 5.32 Å². The Hall–Kier alpha value is -4.58. The summed E-state index contributed by atoms with van der Waals surface area (Å²) >= 11 is 0. The smallest absolute Gasteiger partial charge is 0.337 e. The van der Waals surface area contributed by atoms with Gasteiger partial charge >= 0.3 is 17.9 Å². The van der Waals surface area contributed by atoms with E-state index < -0.39 is 53.6 Å². The van der Waals surface area contributed by atoms with Crippen molar-refractivity contribution in [1.29, 1.82) is 0 Å². The lowest BCUT2D eigenvalue weighted by Gasteiger charge is -2.29. The third kappa shape index (κ3) is 15.0. The lowest BCUT2D eigenvalue weighted by molar-refractivity contribution is -0.172. The monoisotopic (exact) mass is 685 g/mol. The molecular weight excluding hydrogens is 637 g/mol. The second kappa shape index (κ2) is 21.4. The van der Waals surface area contributed by atoms with Gasteiger partial charge < -0.3 is 30.5 Å². The standard InChI is InChI=1S/C37H48FNO10/c1-2-3-4-7-10-15-28(40)16-11-8-5-6-9-12-18-31(37(48,36(46)47)25-33(41)42)34(43)39-32(35(44)45)23-26-19-21-29(22-20-26)49-30-17-13-14-27(38)24-30/h12-14,17-22,24,31-32,48H,2-11,15-16,23,25H2,1H3,(H,39,43)(H,41,42)(H,44,45)(H,46,47)/b18-12+/t31-,32+,37+/m1/s1. The van der Waals surface area contributed by atoms with Crippen LogP contribution in [-0.2, 0) is 30.4 Å². The highest BCUT2D eigenvalue weighted by Gasteiger charge is 2.49. The third-order valence-electron chi connectivity index (χ3n) is 8.06. The molecule has 1 amide bonds. The van der Waals surface area contributed by atoms with E-state index in [-0.39, 0.29) is 18.0 Å². The van der Waals surface area contributed by atoms with Crippen LogP contribution in [0.4, 0.5) is 4.39 Å². The van der Waals surface area contributed by atoms with E-state index in [0.29, 0.717) is 37.0 Å². The van der Waals surface area contributed by atoms with Crippen LogP contribution in [0.5, 0.6) is 11.5 Å². The number of carboxylic acid groups (broad SMARTS) is 3. The molecule has 5 N–H and O–H groups in total. The van der Waals surface area contributed by atoms with Gasteiger partial charge in [0.2, 0.25) is 5.91 Å². The molecule has 2 aromatic carbocycles. The van der Waals surface area contributed by atoms with Crippen LogP contribution < -0.4 is 10.1 Å². The summed E-state index contributed by atoms with van der Waals surface area (Å²) in [6, 6.07) is 10.1. The maximum Gasteiger partial charge on any atom is 0.337 e. The molecule has 0 aliphatic heterocycles. The van der Waals surface area contributed by atoms with Gasteiger partial charge in [0.05, 0.1) is 12.3 Å². The zero-order valence-corrected chi connectivity index (χ0v) is 27.9. The van der Waals surface area contributed by atoms with E-state index in [4.69, 9.17) is 4.74 Å². The number of aliphatic carboxylic acids is 3. The minimum absolute atomic E-state index is 0.233. The van der Waals surface area contributed by atoms with Crippen LogP contribution >= 0.6 is 0 Å². The molecule has 49 heavy (non-hydrogen) atoms. The first-order valence-corrected chi connectivity index (χ1v) is 16.8. The number of nitrogens with one attached hydrogen (secondary N) is 1. The third-order valence-corrected chi connectivity index (χ3v) is 8.06. The second-order valence-corrected chi connectivity index (χ2v) is 12.2. The van der Waals surface area contributed by atoms with Crippen LogP contribution in [0.3, 0.4) is 0 Å². The molecule has 0 saturated heterocycles. The fraction of sp³-hybridized carbons (Fsp3) is 0.486. The van der Waals surface area contributed by atoms with Crippen molar-refractivity contribution in [3.05, 3.63) is 72.1 Å². The average Bonchev–Trinajstić information content (AvgIpc) is 3.04. The number of hydrogen-bond donors (Lipinski definition) is 5. The van der Waals surface area contributed by atoms with Gasteiger partial charge in [-0.15, -0.1) is 0 Å². The molecule has 12 heteroatoms. The predicted octanol–water partition coefficient (Wildman–Crippen LogP) is 6.46. The number of benzene rings is 2. The van der Waals surface area contributed by atoms with Gasteiger partial charge in [-0.1, -0.05) is 75.8 Å². The fourth-order valence-electron chi connectivity index (χ4n) is 5.29. The molecular formula is C37H48FNO10. The molecule has 0 spiro atoms. The maximum atomic E-state index is 13.5. The van der Waals surface area contributed by atoms with Gasteiger partial charge in [0.1, 0.15) is 29.1 Å². The number of Topliss-reactive ketones (excluding diaryl/α,β-unsaturated/α-hetero) is 1. The van der Waals surface area contributed by atoms with Gasteiger partial charge in [-0.2, -0.15) is 0 Å². The van der Waals surface area contributed by atoms with E-state index in [9.17, 15) is 48.8 Å². The Morgan fingerprint density at radius 1 is 0.857 bits per heavy atom. The summed E-state index contributed by atoms with van der Waals surface area (Å²) in [5.41, 5.74) is -2.60. The van der Waals surface area contributed by atoms with Crippen LogP contribution in [0.15, 0.2) is 60.7 Å². The highest BCUT2D eigenvalue weighted by atomic mass is 19.1. The molecule has 0 aliphatic carbocycles. The number of carbonyl (C=O) groups excluding carboxylic acids is 2. The topological polar surface area (TPSA) is 188 Å². The number of unbranched alkanes of at least 4 members (excludes halogenated alkanes) is 8.